The highest BCUT2D eigenvalue weighted by molar-refractivity contribution is 5.93. The van der Waals surface area contributed by atoms with Crippen molar-refractivity contribution >= 4 is 30.0 Å². The Morgan fingerprint density at radius 2 is 1.86 bits per heavy atom. The second kappa shape index (κ2) is 8.00. The van der Waals surface area contributed by atoms with Crippen LogP contribution in [0.15, 0.2) is 24.3 Å². The number of aliphatic carboxylic acids is 1. The quantitative estimate of drug-likeness (QED) is 0.864. The molecule has 22 heavy (non-hydrogen) atoms. The van der Waals surface area contributed by atoms with Crippen LogP contribution in [0.25, 0.3) is 0 Å². The van der Waals surface area contributed by atoms with Gasteiger partial charge in [-0.15, -0.1) is 12.4 Å². The molecule has 1 aromatic rings. The highest BCUT2D eigenvalue weighted by Gasteiger charge is 2.33. The molecule has 0 radical (unpaired) electrons. The van der Waals surface area contributed by atoms with Crippen molar-refractivity contribution in [2.45, 2.75) is 19.1 Å². The second-order valence-electron chi connectivity index (χ2n) is 4.52. The number of nitrogens with zero attached hydrogens (tertiary/aromatic N) is 1. The molecule has 0 heterocycles. The van der Waals surface area contributed by atoms with Gasteiger partial charge in [0.2, 0.25) is 5.91 Å². The van der Waals surface area contributed by atoms with Crippen LogP contribution in [0.2, 0.25) is 0 Å². The number of hydrogen-bond acceptors (Lipinski definition) is 3. The lowest BCUT2D eigenvalue weighted by Gasteiger charge is -2.21. The number of likely N-dealkylation sites (N-methyl/N-ethyl adjacent to an activating group) is 1. The Bertz CT molecular complexity index is 538. The number of carboxylic acids is 1. The summed E-state index contributed by atoms with van der Waals surface area (Å²) < 4.78 is 38.3. The van der Waals surface area contributed by atoms with Crippen LogP contribution in [0.1, 0.15) is 12.5 Å². The summed E-state index contributed by atoms with van der Waals surface area (Å²) >= 11 is 0. The van der Waals surface area contributed by atoms with Crippen molar-refractivity contribution in [1.29, 1.82) is 0 Å². The Kier molecular flexibility index (Phi) is 7.34. The van der Waals surface area contributed by atoms with Crippen LogP contribution in [0.3, 0.4) is 0 Å². The fourth-order valence-electron chi connectivity index (χ4n) is 1.58. The molecule has 124 valence electrons. The second-order valence-corrected chi connectivity index (χ2v) is 4.52. The number of carboxylic acid groups (broad SMARTS) is 1. The zero-order valence-corrected chi connectivity index (χ0v) is 12.7. The fourth-order valence-corrected chi connectivity index (χ4v) is 1.58. The van der Waals surface area contributed by atoms with E-state index in [1.54, 1.807) is 0 Å². The SMILES string of the molecule is CC(C(=O)O)N(C)CC(=O)Nc1ccccc1C(F)(F)F.Cl. The van der Waals surface area contributed by atoms with E-state index in [4.69, 9.17) is 5.11 Å². The van der Waals surface area contributed by atoms with Gasteiger partial charge in [-0.1, -0.05) is 12.1 Å². The normalized spacial score (nSPS) is 12.5. The van der Waals surface area contributed by atoms with Crippen LogP contribution in [-0.2, 0) is 15.8 Å². The van der Waals surface area contributed by atoms with Gasteiger partial charge in [-0.25, -0.2) is 0 Å². The molecule has 0 fully saturated rings. The summed E-state index contributed by atoms with van der Waals surface area (Å²) in [6, 6.07) is 3.67. The molecule has 0 aliphatic rings. The number of halogens is 4. The van der Waals surface area contributed by atoms with Crippen molar-refractivity contribution in [3.63, 3.8) is 0 Å². The number of alkyl halides is 3. The largest absolute Gasteiger partial charge is 0.480 e. The Hall–Kier alpha value is -1.80. The molecule has 5 nitrogen and oxygen atoms in total. The lowest BCUT2D eigenvalue weighted by molar-refractivity contribution is -0.142. The monoisotopic (exact) mass is 340 g/mol. The summed E-state index contributed by atoms with van der Waals surface area (Å²) in [7, 11) is 1.40. The average Bonchev–Trinajstić information content (AvgIpc) is 2.36. The maximum absolute atomic E-state index is 12.8. The standard InChI is InChI=1S/C13H15F3N2O3.ClH/c1-8(12(20)21)18(2)7-11(19)17-10-6-4-3-5-9(10)13(14,15)16;/h3-6,8H,7H2,1-2H3,(H,17,19)(H,20,21);1H. The molecule has 1 amide bonds. The third-order valence-electron chi connectivity index (χ3n) is 2.92. The minimum absolute atomic E-state index is 0. The Morgan fingerprint density at radius 3 is 2.36 bits per heavy atom. The minimum atomic E-state index is -4.58. The van der Waals surface area contributed by atoms with Crippen molar-refractivity contribution in [3.8, 4) is 0 Å². The summed E-state index contributed by atoms with van der Waals surface area (Å²) in [6.07, 6.45) is -4.58. The molecule has 0 aromatic heterocycles. The van der Waals surface area contributed by atoms with Crippen LogP contribution in [0.4, 0.5) is 18.9 Å². The van der Waals surface area contributed by atoms with E-state index in [1.807, 2.05) is 0 Å². The van der Waals surface area contributed by atoms with Crippen LogP contribution < -0.4 is 5.32 Å². The van der Waals surface area contributed by atoms with Crippen LogP contribution in [0.5, 0.6) is 0 Å². The molecule has 0 aliphatic heterocycles. The highest BCUT2D eigenvalue weighted by atomic mass is 35.5. The van der Waals surface area contributed by atoms with Gasteiger partial charge in [-0.3, -0.25) is 14.5 Å². The molecule has 1 atom stereocenters. The Labute approximate surface area is 131 Å². The Balaban J connectivity index is 0.00000441. The first-order chi connectivity index (χ1) is 9.62. The lowest BCUT2D eigenvalue weighted by atomic mass is 10.1. The fraction of sp³-hybridized carbons (Fsp3) is 0.385. The number of nitrogens with one attached hydrogen (secondary N) is 1. The molecular weight excluding hydrogens is 325 g/mol. The first kappa shape index (κ1) is 20.2. The van der Waals surface area contributed by atoms with E-state index in [9.17, 15) is 22.8 Å². The number of rotatable bonds is 5. The third kappa shape index (κ3) is 5.53. The van der Waals surface area contributed by atoms with E-state index in [0.717, 1.165) is 12.1 Å². The summed E-state index contributed by atoms with van der Waals surface area (Å²) in [5.41, 5.74) is -1.31. The maximum atomic E-state index is 12.8. The van der Waals surface area contributed by atoms with Gasteiger partial charge >= 0.3 is 12.1 Å². The molecule has 0 bridgehead atoms. The van der Waals surface area contributed by atoms with Gasteiger partial charge in [0.15, 0.2) is 0 Å². The van der Waals surface area contributed by atoms with Gasteiger partial charge in [0.1, 0.15) is 6.04 Å². The molecule has 0 spiro atoms. The maximum Gasteiger partial charge on any atom is 0.418 e. The predicted molar refractivity (Wildman–Crippen MR) is 77.0 cm³/mol. The summed E-state index contributed by atoms with van der Waals surface area (Å²) in [5.74, 6) is -1.84. The molecule has 0 saturated carbocycles. The number of hydrogen-bond donors (Lipinski definition) is 2. The molecule has 9 heteroatoms. The summed E-state index contributed by atoms with van der Waals surface area (Å²) in [6.45, 7) is 1.04. The van der Waals surface area contributed by atoms with Crippen molar-refractivity contribution in [1.82, 2.24) is 4.90 Å². The molecule has 0 saturated heterocycles. The number of anilines is 1. The third-order valence-corrected chi connectivity index (χ3v) is 2.92. The van der Waals surface area contributed by atoms with Crippen molar-refractivity contribution in [2.75, 3.05) is 18.9 Å². The van der Waals surface area contributed by atoms with Gasteiger partial charge in [-0.05, 0) is 26.1 Å². The first-order valence-electron chi connectivity index (χ1n) is 6.02. The predicted octanol–water partition coefficient (Wildman–Crippen LogP) is 2.47. The van der Waals surface area contributed by atoms with Gasteiger partial charge in [0.05, 0.1) is 17.8 Å². The molecule has 0 aliphatic carbocycles. The number of para-hydroxylation sites is 1. The van der Waals surface area contributed by atoms with Gasteiger partial charge in [0.25, 0.3) is 0 Å². The summed E-state index contributed by atoms with van der Waals surface area (Å²) in [5, 5.41) is 10.9. The average molecular weight is 341 g/mol. The number of benzene rings is 1. The molecule has 1 unspecified atom stereocenters. The van der Waals surface area contributed by atoms with Crippen LogP contribution in [0, 0.1) is 0 Å². The summed E-state index contributed by atoms with van der Waals surface area (Å²) in [4.78, 5) is 23.7. The number of amides is 1. The van der Waals surface area contributed by atoms with Crippen molar-refractivity contribution < 1.29 is 27.9 Å². The molecular formula is C13H16ClF3N2O3. The van der Waals surface area contributed by atoms with E-state index >= 15 is 0 Å². The van der Waals surface area contributed by atoms with Gasteiger partial charge in [0, 0.05) is 0 Å². The molecule has 1 rings (SSSR count). The van der Waals surface area contributed by atoms with E-state index in [2.05, 4.69) is 5.32 Å². The first-order valence-corrected chi connectivity index (χ1v) is 6.02. The van der Waals surface area contributed by atoms with E-state index in [0.29, 0.717) is 0 Å². The number of carbonyl (C=O) groups excluding carboxylic acids is 1. The lowest BCUT2D eigenvalue weighted by Crippen LogP contribution is -2.40. The zero-order valence-electron chi connectivity index (χ0n) is 11.8. The van der Waals surface area contributed by atoms with Crippen LogP contribution in [-0.4, -0.2) is 41.5 Å². The highest BCUT2D eigenvalue weighted by Crippen LogP contribution is 2.34. The van der Waals surface area contributed by atoms with Crippen LogP contribution >= 0.6 is 12.4 Å². The molecule has 2 N–H and O–H groups in total. The van der Waals surface area contributed by atoms with Crippen molar-refractivity contribution in [3.05, 3.63) is 29.8 Å². The van der Waals surface area contributed by atoms with E-state index in [1.165, 1.54) is 31.0 Å². The van der Waals surface area contributed by atoms with Gasteiger partial charge < -0.3 is 10.4 Å². The van der Waals surface area contributed by atoms with Crippen molar-refractivity contribution in [2.24, 2.45) is 0 Å². The minimum Gasteiger partial charge on any atom is -0.480 e. The smallest absolute Gasteiger partial charge is 0.418 e. The molecule has 1 aromatic carbocycles. The van der Waals surface area contributed by atoms with Gasteiger partial charge in [-0.2, -0.15) is 13.2 Å². The Morgan fingerprint density at radius 1 is 1.32 bits per heavy atom. The van der Waals surface area contributed by atoms with E-state index in [-0.39, 0.29) is 24.6 Å². The van der Waals surface area contributed by atoms with E-state index < -0.39 is 29.7 Å². The number of carbonyl (C=O) groups is 2. The zero-order chi connectivity index (χ0) is 16.2. The topological polar surface area (TPSA) is 69.6 Å².